The standard InChI is InChI=1S/C11H14F2N2O2S.ClH/c12-8-4-9(13)6-11(5-8)18(16,17)15-10-2-1-3-14-7-10;/h4-6,10,14-15H,1-3,7H2;1H/t10-;/m0./s1. The Bertz CT molecular complexity index is 513. The Morgan fingerprint density at radius 3 is 2.37 bits per heavy atom. The lowest BCUT2D eigenvalue weighted by Gasteiger charge is -2.23. The molecule has 108 valence electrons. The zero-order valence-electron chi connectivity index (χ0n) is 10.0. The van der Waals surface area contributed by atoms with Gasteiger partial charge in [-0.3, -0.25) is 0 Å². The first kappa shape index (κ1) is 16.3. The molecule has 1 saturated heterocycles. The Kier molecular flexibility index (Phi) is 5.66. The van der Waals surface area contributed by atoms with Crippen LogP contribution in [0.15, 0.2) is 23.1 Å². The monoisotopic (exact) mass is 312 g/mol. The molecule has 1 aromatic carbocycles. The van der Waals surface area contributed by atoms with Gasteiger partial charge in [-0.25, -0.2) is 21.9 Å². The highest BCUT2D eigenvalue weighted by Gasteiger charge is 2.22. The minimum Gasteiger partial charge on any atom is -0.315 e. The van der Waals surface area contributed by atoms with Crippen molar-refractivity contribution in [3.05, 3.63) is 29.8 Å². The summed E-state index contributed by atoms with van der Waals surface area (Å²) in [6.07, 6.45) is 1.58. The molecule has 0 aromatic heterocycles. The van der Waals surface area contributed by atoms with E-state index in [1.54, 1.807) is 0 Å². The zero-order valence-corrected chi connectivity index (χ0v) is 11.7. The second kappa shape index (κ2) is 6.60. The summed E-state index contributed by atoms with van der Waals surface area (Å²) in [5.74, 6) is -1.81. The predicted molar refractivity (Wildman–Crippen MR) is 69.8 cm³/mol. The minimum atomic E-state index is -3.87. The number of sulfonamides is 1. The van der Waals surface area contributed by atoms with Crippen molar-refractivity contribution in [2.24, 2.45) is 0 Å². The van der Waals surface area contributed by atoms with E-state index < -0.39 is 21.7 Å². The van der Waals surface area contributed by atoms with Crippen molar-refractivity contribution in [2.75, 3.05) is 13.1 Å². The lowest BCUT2D eigenvalue weighted by atomic mass is 10.1. The SMILES string of the molecule is Cl.O=S(=O)(N[C@H]1CCCNC1)c1cc(F)cc(F)c1. The molecule has 1 aliphatic rings. The van der Waals surface area contributed by atoms with Crippen molar-refractivity contribution in [3.63, 3.8) is 0 Å². The first-order valence-electron chi connectivity index (χ1n) is 5.66. The maximum Gasteiger partial charge on any atom is 0.241 e. The summed E-state index contributed by atoms with van der Waals surface area (Å²) in [5.41, 5.74) is 0. The average Bonchev–Trinajstić information content (AvgIpc) is 2.28. The van der Waals surface area contributed by atoms with Gasteiger partial charge in [0.25, 0.3) is 0 Å². The topological polar surface area (TPSA) is 58.2 Å². The number of benzene rings is 1. The van der Waals surface area contributed by atoms with E-state index in [0.29, 0.717) is 19.0 Å². The first-order valence-corrected chi connectivity index (χ1v) is 7.15. The molecule has 0 amide bonds. The largest absolute Gasteiger partial charge is 0.315 e. The molecule has 0 radical (unpaired) electrons. The molecular formula is C11H15ClF2N2O2S. The third-order valence-corrected chi connectivity index (χ3v) is 4.27. The van der Waals surface area contributed by atoms with E-state index in [2.05, 4.69) is 10.0 Å². The Balaban J connectivity index is 0.00000180. The highest BCUT2D eigenvalue weighted by Crippen LogP contribution is 2.15. The molecule has 1 fully saturated rings. The van der Waals surface area contributed by atoms with Crippen molar-refractivity contribution in [2.45, 2.75) is 23.8 Å². The fourth-order valence-electron chi connectivity index (χ4n) is 1.92. The van der Waals surface area contributed by atoms with Gasteiger partial charge in [-0.2, -0.15) is 0 Å². The number of halogens is 3. The van der Waals surface area contributed by atoms with E-state index in [1.807, 2.05) is 0 Å². The number of piperidine rings is 1. The molecule has 0 aliphatic carbocycles. The Hall–Kier alpha value is -0.760. The van der Waals surface area contributed by atoms with Crippen LogP contribution in [-0.2, 0) is 10.0 Å². The quantitative estimate of drug-likeness (QED) is 0.887. The van der Waals surface area contributed by atoms with E-state index in [9.17, 15) is 17.2 Å². The second-order valence-corrected chi connectivity index (χ2v) is 5.98. The van der Waals surface area contributed by atoms with Crippen molar-refractivity contribution in [1.29, 1.82) is 0 Å². The molecule has 8 heteroatoms. The van der Waals surface area contributed by atoms with Crippen LogP contribution in [0.5, 0.6) is 0 Å². The fourth-order valence-corrected chi connectivity index (χ4v) is 3.24. The van der Waals surface area contributed by atoms with E-state index in [0.717, 1.165) is 25.1 Å². The third-order valence-electron chi connectivity index (χ3n) is 2.77. The lowest BCUT2D eigenvalue weighted by Crippen LogP contribution is -2.45. The average molecular weight is 313 g/mol. The minimum absolute atomic E-state index is 0. The van der Waals surface area contributed by atoms with E-state index in [4.69, 9.17) is 0 Å². The number of hydrogen-bond acceptors (Lipinski definition) is 3. The van der Waals surface area contributed by atoms with Crippen LogP contribution >= 0.6 is 12.4 Å². The maximum absolute atomic E-state index is 13.0. The predicted octanol–water partition coefficient (Wildman–Crippen LogP) is 1.42. The van der Waals surface area contributed by atoms with Gasteiger partial charge in [0, 0.05) is 18.7 Å². The van der Waals surface area contributed by atoms with Crippen LogP contribution in [0.3, 0.4) is 0 Å². The van der Waals surface area contributed by atoms with Gasteiger partial charge in [-0.15, -0.1) is 12.4 Å². The molecule has 2 rings (SSSR count). The van der Waals surface area contributed by atoms with Gasteiger partial charge in [-0.1, -0.05) is 0 Å². The smallest absolute Gasteiger partial charge is 0.241 e. The van der Waals surface area contributed by atoms with Crippen LogP contribution < -0.4 is 10.0 Å². The van der Waals surface area contributed by atoms with Crippen molar-refractivity contribution < 1.29 is 17.2 Å². The molecule has 1 heterocycles. The molecule has 0 bridgehead atoms. The van der Waals surface area contributed by atoms with Gasteiger partial charge in [-0.05, 0) is 31.5 Å². The van der Waals surface area contributed by atoms with Gasteiger partial charge in [0.1, 0.15) is 11.6 Å². The molecule has 1 aromatic rings. The van der Waals surface area contributed by atoms with Gasteiger partial charge in [0.05, 0.1) is 4.90 Å². The molecule has 0 unspecified atom stereocenters. The Morgan fingerprint density at radius 2 is 1.84 bits per heavy atom. The molecular weight excluding hydrogens is 298 g/mol. The second-order valence-electron chi connectivity index (χ2n) is 4.27. The highest BCUT2D eigenvalue weighted by atomic mass is 35.5. The molecule has 4 nitrogen and oxygen atoms in total. The molecule has 19 heavy (non-hydrogen) atoms. The van der Waals surface area contributed by atoms with Crippen LogP contribution in [0.1, 0.15) is 12.8 Å². The highest BCUT2D eigenvalue weighted by molar-refractivity contribution is 7.89. The Labute approximate surface area is 117 Å². The van der Waals surface area contributed by atoms with E-state index >= 15 is 0 Å². The van der Waals surface area contributed by atoms with E-state index in [-0.39, 0.29) is 23.3 Å². The summed E-state index contributed by atoms with van der Waals surface area (Å²) < 4.78 is 52.3. The summed E-state index contributed by atoms with van der Waals surface area (Å²) in [7, 11) is -3.87. The first-order chi connectivity index (χ1) is 8.47. The summed E-state index contributed by atoms with van der Waals surface area (Å²) in [5, 5.41) is 3.06. The van der Waals surface area contributed by atoms with Crippen LogP contribution in [0.25, 0.3) is 0 Å². The fraction of sp³-hybridized carbons (Fsp3) is 0.455. The summed E-state index contributed by atoms with van der Waals surface area (Å²) in [6, 6.07) is 2.01. The van der Waals surface area contributed by atoms with Crippen LogP contribution in [0.4, 0.5) is 8.78 Å². The van der Waals surface area contributed by atoms with Crippen molar-refractivity contribution in [3.8, 4) is 0 Å². The van der Waals surface area contributed by atoms with Crippen LogP contribution in [0, 0.1) is 11.6 Å². The summed E-state index contributed by atoms with van der Waals surface area (Å²) in [4.78, 5) is -0.384. The molecule has 1 aliphatic heterocycles. The summed E-state index contributed by atoms with van der Waals surface area (Å²) in [6.45, 7) is 1.38. The molecule has 2 N–H and O–H groups in total. The van der Waals surface area contributed by atoms with Gasteiger partial charge in [0.15, 0.2) is 0 Å². The number of nitrogens with one attached hydrogen (secondary N) is 2. The number of rotatable bonds is 3. The molecule has 0 saturated carbocycles. The number of hydrogen-bond donors (Lipinski definition) is 2. The lowest BCUT2D eigenvalue weighted by molar-refractivity contribution is 0.428. The Morgan fingerprint density at radius 1 is 1.21 bits per heavy atom. The van der Waals surface area contributed by atoms with Crippen LogP contribution in [-0.4, -0.2) is 27.5 Å². The van der Waals surface area contributed by atoms with Crippen molar-refractivity contribution in [1.82, 2.24) is 10.0 Å². The maximum atomic E-state index is 13.0. The zero-order chi connectivity index (χ0) is 13.2. The van der Waals surface area contributed by atoms with Gasteiger partial charge < -0.3 is 5.32 Å². The van der Waals surface area contributed by atoms with Crippen LogP contribution in [0.2, 0.25) is 0 Å². The third kappa shape index (κ3) is 4.38. The van der Waals surface area contributed by atoms with Crippen molar-refractivity contribution >= 4 is 22.4 Å². The van der Waals surface area contributed by atoms with Gasteiger partial charge in [0.2, 0.25) is 10.0 Å². The summed E-state index contributed by atoms with van der Waals surface area (Å²) >= 11 is 0. The normalized spacial score (nSPS) is 19.8. The van der Waals surface area contributed by atoms with E-state index in [1.165, 1.54) is 0 Å². The van der Waals surface area contributed by atoms with Gasteiger partial charge >= 0.3 is 0 Å². The molecule has 1 atom stereocenters. The molecule has 0 spiro atoms.